The molecule has 12 rings (SSSR count). The highest BCUT2D eigenvalue weighted by Crippen LogP contribution is 2.46. The van der Waals surface area contributed by atoms with Gasteiger partial charge in [0.05, 0.1) is 16.7 Å². The maximum atomic E-state index is 2.46. The smallest absolute Gasteiger partial charge is 0.0553 e. The summed E-state index contributed by atoms with van der Waals surface area (Å²) in [6, 6.07) is 92.9. The summed E-state index contributed by atoms with van der Waals surface area (Å²) < 4.78 is 2.46. The lowest BCUT2D eigenvalue weighted by molar-refractivity contribution is 1.18. The number of benzene rings is 11. The minimum atomic E-state index is 1.08. The zero-order valence-corrected chi connectivity index (χ0v) is 35.1. The Bertz CT molecular complexity index is 3650. The van der Waals surface area contributed by atoms with Gasteiger partial charge in [-0.1, -0.05) is 194 Å². The number of fused-ring (bicyclic) bond motifs is 6. The topological polar surface area (TPSA) is 8.17 Å². The van der Waals surface area contributed by atoms with Gasteiger partial charge in [-0.3, -0.25) is 0 Å². The second-order valence-corrected chi connectivity index (χ2v) is 16.5. The first-order chi connectivity index (χ1) is 31.7. The number of anilines is 3. The molecule has 0 N–H and O–H groups in total. The summed E-state index contributed by atoms with van der Waals surface area (Å²) >= 11 is 0. The molecule has 0 atom stereocenters. The SMILES string of the molecule is c1ccc(-c2ccc3c4c(-c5cccc(N(c6ccc7c(ccc8ccccc87)c6)c6ccccc6-c6ccccc6)c5)cc(-c5ccccc5)cc4n(-c4ccccc4)c3c2)cc1. The normalized spacial score (nSPS) is 11.4. The summed E-state index contributed by atoms with van der Waals surface area (Å²) in [5.41, 5.74) is 16.2. The summed E-state index contributed by atoms with van der Waals surface area (Å²) in [6.07, 6.45) is 0. The first-order valence-electron chi connectivity index (χ1n) is 22.0. The van der Waals surface area contributed by atoms with Crippen molar-refractivity contribution in [3.05, 3.63) is 255 Å². The molecule has 11 aromatic carbocycles. The van der Waals surface area contributed by atoms with Gasteiger partial charge in [0.2, 0.25) is 0 Å². The average Bonchev–Trinajstić information content (AvgIpc) is 3.71. The summed E-state index contributed by atoms with van der Waals surface area (Å²) in [5.74, 6) is 0. The van der Waals surface area contributed by atoms with E-state index >= 15 is 0 Å². The number of rotatable bonds is 8. The van der Waals surface area contributed by atoms with Gasteiger partial charge in [0.1, 0.15) is 0 Å². The highest BCUT2D eigenvalue weighted by Gasteiger charge is 2.22. The van der Waals surface area contributed by atoms with Crippen molar-refractivity contribution in [2.75, 3.05) is 4.90 Å². The third-order valence-corrected chi connectivity index (χ3v) is 12.7. The Hall–Kier alpha value is -8.46. The Morgan fingerprint density at radius 2 is 0.859 bits per heavy atom. The average molecular weight is 815 g/mol. The molecule has 64 heavy (non-hydrogen) atoms. The van der Waals surface area contributed by atoms with Crippen LogP contribution in [0.15, 0.2) is 255 Å². The molecule has 0 radical (unpaired) electrons. The Morgan fingerprint density at radius 1 is 0.281 bits per heavy atom. The first-order valence-corrected chi connectivity index (χ1v) is 22.0. The van der Waals surface area contributed by atoms with Gasteiger partial charge in [0.25, 0.3) is 0 Å². The maximum Gasteiger partial charge on any atom is 0.0553 e. The lowest BCUT2D eigenvalue weighted by Crippen LogP contribution is -2.11. The van der Waals surface area contributed by atoms with E-state index in [-0.39, 0.29) is 0 Å². The molecule has 12 aromatic rings. The summed E-state index contributed by atoms with van der Waals surface area (Å²) in [6.45, 7) is 0. The number of hydrogen-bond donors (Lipinski definition) is 0. The molecule has 0 fully saturated rings. The lowest BCUT2D eigenvalue weighted by Gasteiger charge is -2.29. The standard InChI is InChI=1S/C62H42N2/c1-5-18-43(19-6-1)47-34-36-57-60(41-47)64(51-26-11-4-12-27-51)61-42-50(44-20-7-2-8-21-44)40-58(62(57)61)48-25-17-28-52(38-48)63(59-31-16-15-30-56(59)45-22-9-3-10-23-45)53-35-37-55-49(39-53)33-32-46-24-13-14-29-54(46)55/h1-42H. The van der Waals surface area contributed by atoms with Crippen molar-refractivity contribution in [1.82, 2.24) is 4.57 Å². The van der Waals surface area contributed by atoms with Crippen molar-refractivity contribution < 1.29 is 0 Å². The van der Waals surface area contributed by atoms with Gasteiger partial charge in [-0.25, -0.2) is 0 Å². The van der Waals surface area contributed by atoms with Crippen LogP contribution in [0.3, 0.4) is 0 Å². The van der Waals surface area contributed by atoms with Crippen LogP contribution < -0.4 is 4.90 Å². The van der Waals surface area contributed by atoms with Crippen LogP contribution in [0.1, 0.15) is 0 Å². The largest absolute Gasteiger partial charge is 0.310 e. The highest BCUT2D eigenvalue weighted by atomic mass is 15.1. The molecular formula is C62H42N2. The van der Waals surface area contributed by atoms with Crippen LogP contribution >= 0.6 is 0 Å². The zero-order chi connectivity index (χ0) is 42.4. The fourth-order valence-corrected chi connectivity index (χ4v) is 9.74. The predicted molar refractivity (Wildman–Crippen MR) is 272 cm³/mol. The van der Waals surface area contributed by atoms with Gasteiger partial charge in [0.15, 0.2) is 0 Å². The van der Waals surface area contributed by atoms with Gasteiger partial charge in [-0.15, -0.1) is 0 Å². The van der Waals surface area contributed by atoms with Crippen molar-refractivity contribution in [2.24, 2.45) is 0 Å². The molecule has 2 heteroatoms. The van der Waals surface area contributed by atoms with Gasteiger partial charge < -0.3 is 9.47 Å². The summed E-state index contributed by atoms with van der Waals surface area (Å²) in [7, 11) is 0. The minimum Gasteiger partial charge on any atom is -0.310 e. The third kappa shape index (κ3) is 6.52. The van der Waals surface area contributed by atoms with E-state index in [2.05, 4.69) is 264 Å². The van der Waals surface area contributed by atoms with E-state index < -0.39 is 0 Å². The molecule has 0 spiro atoms. The van der Waals surface area contributed by atoms with E-state index in [4.69, 9.17) is 0 Å². The minimum absolute atomic E-state index is 1.08. The number of nitrogens with zero attached hydrogens (tertiary/aromatic N) is 2. The fourth-order valence-electron chi connectivity index (χ4n) is 9.74. The molecule has 0 amide bonds. The quantitative estimate of drug-likeness (QED) is 0.139. The second kappa shape index (κ2) is 15.8. The van der Waals surface area contributed by atoms with Crippen LogP contribution in [-0.2, 0) is 0 Å². The van der Waals surface area contributed by atoms with Crippen molar-refractivity contribution in [3.8, 4) is 50.2 Å². The Balaban J connectivity index is 1.13. The number of aromatic nitrogens is 1. The van der Waals surface area contributed by atoms with E-state index in [9.17, 15) is 0 Å². The van der Waals surface area contributed by atoms with E-state index in [1.807, 2.05) is 0 Å². The van der Waals surface area contributed by atoms with Crippen LogP contribution in [-0.4, -0.2) is 4.57 Å². The van der Waals surface area contributed by atoms with Crippen LogP contribution in [0.2, 0.25) is 0 Å². The molecule has 0 aliphatic heterocycles. The van der Waals surface area contributed by atoms with Crippen LogP contribution in [0.4, 0.5) is 17.1 Å². The molecule has 300 valence electrons. The van der Waals surface area contributed by atoms with Crippen LogP contribution in [0, 0.1) is 0 Å². The molecule has 0 saturated heterocycles. The van der Waals surface area contributed by atoms with Crippen molar-refractivity contribution in [2.45, 2.75) is 0 Å². The van der Waals surface area contributed by atoms with Crippen molar-refractivity contribution >= 4 is 60.4 Å². The van der Waals surface area contributed by atoms with E-state index in [1.54, 1.807) is 0 Å². The summed E-state index contributed by atoms with van der Waals surface area (Å²) in [5, 5.41) is 7.40. The predicted octanol–water partition coefficient (Wildman–Crippen LogP) is 17.2. The lowest BCUT2D eigenvalue weighted by atomic mass is 9.93. The van der Waals surface area contributed by atoms with Gasteiger partial charge in [0, 0.05) is 33.4 Å². The monoisotopic (exact) mass is 814 g/mol. The Kier molecular flexibility index (Phi) is 9.20. The molecule has 0 bridgehead atoms. The molecule has 2 nitrogen and oxygen atoms in total. The van der Waals surface area contributed by atoms with E-state index in [1.165, 1.54) is 82.3 Å². The number of hydrogen-bond acceptors (Lipinski definition) is 1. The molecule has 1 aromatic heterocycles. The highest BCUT2D eigenvalue weighted by molar-refractivity contribution is 6.18. The molecular weight excluding hydrogens is 773 g/mol. The molecule has 0 unspecified atom stereocenters. The van der Waals surface area contributed by atoms with Crippen molar-refractivity contribution in [3.63, 3.8) is 0 Å². The molecule has 0 aliphatic carbocycles. The fraction of sp³-hybridized carbons (Fsp3) is 0. The van der Waals surface area contributed by atoms with Gasteiger partial charge >= 0.3 is 0 Å². The van der Waals surface area contributed by atoms with Crippen LogP contribution in [0.25, 0.3) is 93.5 Å². The second-order valence-electron chi connectivity index (χ2n) is 16.5. The maximum absolute atomic E-state index is 2.46. The summed E-state index contributed by atoms with van der Waals surface area (Å²) in [4.78, 5) is 2.44. The van der Waals surface area contributed by atoms with E-state index in [0.29, 0.717) is 0 Å². The Labute approximate surface area is 373 Å². The third-order valence-electron chi connectivity index (χ3n) is 12.7. The van der Waals surface area contributed by atoms with Gasteiger partial charge in [-0.05, 0) is 121 Å². The molecule has 0 aliphatic rings. The molecule has 0 saturated carbocycles. The van der Waals surface area contributed by atoms with Crippen molar-refractivity contribution in [1.29, 1.82) is 0 Å². The van der Waals surface area contributed by atoms with Gasteiger partial charge in [-0.2, -0.15) is 0 Å². The first kappa shape index (κ1) is 37.3. The molecule has 1 heterocycles. The van der Waals surface area contributed by atoms with E-state index in [0.717, 1.165) is 28.3 Å². The Morgan fingerprint density at radius 3 is 1.64 bits per heavy atom. The number of para-hydroxylation sites is 2. The van der Waals surface area contributed by atoms with Crippen LogP contribution in [0.5, 0.6) is 0 Å². The zero-order valence-electron chi connectivity index (χ0n) is 35.1.